The first-order valence-electron chi connectivity index (χ1n) is 9.16. The van der Waals surface area contributed by atoms with E-state index in [0.29, 0.717) is 0 Å². The monoisotopic (exact) mass is 336 g/mol. The second-order valence-electron chi connectivity index (χ2n) is 6.79. The van der Waals surface area contributed by atoms with Crippen molar-refractivity contribution in [1.82, 2.24) is 0 Å². The smallest absolute Gasteiger partial charge is 0.0773 e. The van der Waals surface area contributed by atoms with Crippen LogP contribution in [0.25, 0.3) is 21.5 Å². The Balaban J connectivity index is 1.98. The van der Waals surface area contributed by atoms with Gasteiger partial charge in [0, 0.05) is 10.9 Å². The Morgan fingerprint density at radius 3 is 2.23 bits per heavy atom. The van der Waals surface area contributed by atoms with Crippen molar-refractivity contribution in [2.24, 2.45) is 5.10 Å². The summed E-state index contributed by atoms with van der Waals surface area (Å²) in [5.41, 5.74) is 6.00. The van der Waals surface area contributed by atoms with Gasteiger partial charge in [0.05, 0.1) is 17.1 Å². The number of para-hydroxylation sites is 1. The first-order valence-corrected chi connectivity index (χ1v) is 9.16. The average Bonchev–Trinajstić information content (AvgIpc) is 2.72. The van der Waals surface area contributed by atoms with Crippen molar-refractivity contribution in [2.45, 2.75) is 20.3 Å². The van der Waals surface area contributed by atoms with Crippen LogP contribution in [0.5, 0.6) is 0 Å². The maximum absolute atomic E-state index is 5.05. The van der Waals surface area contributed by atoms with E-state index in [9.17, 15) is 0 Å². The van der Waals surface area contributed by atoms with Crippen LogP contribution >= 0.6 is 0 Å². The van der Waals surface area contributed by atoms with E-state index in [0.717, 1.165) is 17.8 Å². The number of benzene rings is 4. The Labute approximate surface area is 153 Å². The summed E-state index contributed by atoms with van der Waals surface area (Å²) >= 11 is 0. The minimum Gasteiger partial charge on any atom is -0.233 e. The third-order valence-electron chi connectivity index (χ3n) is 5.36. The van der Waals surface area contributed by atoms with Gasteiger partial charge >= 0.3 is 0 Å². The van der Waals surface area contributed by atoms with Gasteiger partial charge in [0.25, 0.3) is 0 Å². The van der Waals surface area contributed by atoms with Crippen molar-refractivity contribution in [3.63, 3.8) is 0 Å². The van der Waals surface area contributed by atoms with Crippen molar-refractivity contribution >= 4 is 38.6 Å². The van der Waals surface area contributed by atoms with E-state index >= 15 is 0 Å². The van der Waals surface area contributed by atoms with Crippen LogP contribution in [-0.4, -0.2) is 5.71 Å². The summed E-state index contributed by atoms with van der Waals surface area (Å²) in [5, 5.41) is 12.4. The fourth-order valence-electron chi connectivity index (χ4n) is 4.14. The van der Waals surface area contributed by atoms with Crippen molar-refractivity contribution < 1.29 is 0 Å². The number of rotatable bonds is 2. The van der Waals surface area contributed by atoms with Crippen molar-refractivity contribution in [3.05, 3.63) is 83.9 Å². The van der Waals surface area contributed by atoms with Crippen molar-refractivity contribution in [2.75, 3.05) is 5.01 Å². The summed E-state index contributed by atoms with van der Waals surface area (Å²) in [6.45, 7) is 4.40. The highest BCUT2D eigenvalue weighted by molar-refractivity contribution is 6.24. The van der Waals surface area contributed by atoms with Gasteiger partial charge in [0.1, 0.15) is 0 Å². The molecule has 0 fully saturated rings. The predicted molar refractivity (Wildman–Crippen MR) is 112 cm³/mol. The minimum atomic E-state index is 0.910. The van der Waals surface area contributed by atoms with Gasteiger partial charge < -0.3 is 0 Å². The van der Waals surface area contributed by atoms with Crippen molar-refractivity contribution in [3.8, 4) is 0 Å². The molecule has 0 spiro atoms. The van der Waals surface area contributed by atoms with Gasteiger partial charge in [0.15, 0.2) is 0 Å². The number of nitrogens with zero attached hydrogens (tertiary/aromatic N) is 2. The van der Waals surface area contributed by atoms with Gasteiger partial charge in [-0.1, -0.05) is 67.6 Å². The summed E-state index contributed by atoms with van der Waals surface area (Å²) in [5.74, 6) is 0. The number of hydrogen-bond acceptors (Lipinski definition) is 2. The number of fused-ring (bicyclic) bond motifs is 2. The lowest BCUT2D eigenvalue weighted by Crippen LogP contribution is -2.20. The molecule has 0 saturated carbocycles. The highest BCUT2D eigenvalue weighted by atomic mass is 15.5. The molecule has 5 rings (SSSR count). The third-order valence-corrected chi connectivity index (χ3v) is 5.36. The Morgan fingerprint density at radius 2 is 1.46 bits per heavy atom. The van der Waals surface area contributed by atoms with E-state index in [2.05, 4.69) is 91.7 Å². The molecule has 0 bridgehead atoms. The Morgan fingerprint density at radius 1 is 0.769 bits per heavy atom. The molecule has 0 aromatic heterocycles. The van der Waals surface area contributed by atoms with Gasteiger partial charge in [-0.05, 0) is 47.2 Å². The fraction of sp³-hybridized carbons (Fsp3) is 0.125. The zero-order chi connectivity index (χ0) is 17.7. The van der Waals surface area contributed by atoms with Crippen LogP contribution in [0, 0.1) is 6.92 Å². The molecular weight excluding hydrogens is 316 g/mol. The van der Waals surface area contributed by atoms with E-state index in [-0.39, 0.29) is 0 Å². The summed E-state index contributed by atoms with van der Waals surface area (Å²) in [6, 6.07) is 25.8. The maximum atomic E-state index is 5.05. The molecular formula is C24H20N2. The van der Waals surface area contributed by atoms with Crippen molar-refractivity contribution in [1.29, 1.82) is 0 Å². The zero-order valence-electron chi connectivity index (χ0n) is 15.0. The number of anilines is 2. The standard InChI is InChI=1S/C24H20N2/c1-3-22-21-15-9-14-20-19-13-8-7-12-18(19)16(2)24(23(20)21)26(25-22)17-10-5-4-6-11-17/h4-15H,3H2,1-2H3. The van der Waals surface area contributed by atoms with Gasteiger partial charge in [-0.25, -0.2) is 5.01 Å². The highest BCUT2D eigenvalue weighted by Crippen LogP contribution is 2.45. The molecule has 2 nitrogen and oxygen atoms in total. The molecule has 2 heteroatoms. The lowest BCUT2D eigenvalue weighted by Gasteiger charge is -2.30. The molecule has 1 heterocycles. The fourth-order valence-corrected chi connectivity index (χ4v) is 4.14. The third kappa shape index (κ3) is 2.02. The Hall–Kier alpha value is -3.13. The molecule has 26 heavy (non-hydrogen) atoms. The van der Waals surface area contributed by atoms with E-state index in [1.165, 1.54) is 38.4 Å². The summed E-state index contributed by atoms with van der Waals surface area (Å²) in [6.07, 6.45) is 0.910. The molecule has 0 radical (unpaired) electrons. The normalized spacial score (nSPS) is 13.3. The van der Waals surface area contributed by atoms with Gasteiger partial charge in [-0.2, -0.15) is 5.10 Å². The van der Waals surface area contributed by atoms with Crippen LogP contribution in [0.3, 0.4) is 0 Å². The molecule has 4 aromatic carbocycles. The highest BCUT2D eigenvalue weighted by Gasteiger charge is 2.25. The maximum Gasteiger partial charge on any atom is 0.0773 e. The number of aryl methyl sites for hydroxylation is 1. The largest absolute Gasteiger partial charge is 0.233 e. The SMILES string of the molecule is CCC1=NN(c2ccccc2)c2c(C)c3ccccc3c3cccc1c23. The second-order valence-corrected chi connectivity index (χ2v) is 6.79. The first kappa shape index (κ1) is 15.2. The average molecular weight is 336 g/mol. The molecule has 126 valence electrons. The molecule has 0 N–H and O–H groups in total. The lowest BCUT2D eigenvalue weighted by molar-refractivity contribution is 1.05. The molecule has 4 aromatic rings. The number of hydrazone groups is 1. The van der Waals surface area contributed by atoms with Crippen LogP contribution in [-0.2, 0) is 0 Å². The van der Waals surface area contributed by atoms with E-state index in [1.54, 1.807) is 0 Å². The van der Waals surface area contributed by atoms with Crippen LogP contribution in [0.15, 0.2) is 77.9 Å². The summed E-state index contributed by atoms with van der Waals surface area (Å²) < 4.78 is 0. The van der Waals surface area contributed by atoms with E-state index in [4.69, 9.17) is 5.10 Å². The second kappa shape index (κ2) is 5.70. The molecule has 1 aliphatic heterocycles. The molecule has 0 saturated heterocycles. The van der Waals surface area contributed by atoms with Crippen LogP contribution < -0.4 is 5.01 Å². The Kier molecular flexibility index (Phi) is 3.32. The topological polar surface area (TPSA) is 15.6 Å². The Bertz CT molecular complexity index is 1170. The van der Waals surface area contributed by atoms with Crippen LogP contribution in [0.1, 0.15) is 24.5 Å². The molecule has 0 unspecified atom stereocenters. The van der Waals surface area contributed by atoms with E-state index < -0.39 is 0 Å². The van der Waals surface area contributed by atoms with E-state index in [1.807, 2.05) is 0 Å². The quantitative estimate of drug-likeness (QED) is 0.378. The van der Waals surface area contributed by atoms with Gasteiger partial charge in [-0.3, -0.25) is 0 Å². The summed E-state index contributed by atoms with van der Waals surface area (Å²) in [7, 11) is 0. The molecule has 0 amide bonds. The predicted octanol–water partition coefficient (Wildman–Crippen LogP) is 6.57. The summed E-state index contributed by atoms with van der Waals surface area (Å²) in [4.78, 5) is 0. The van der Waals surface area contributed by atoms with Gasteiger partial charge in [0.2, 0.25) is 0 Å². The lowest BCUT2D eigenvalue weighted by atomic mass is 9.89. The van der Waals surface area contributed by atoms with Crippen LogP contribution in [0.4, 0.5) is 11.4 Å². The first-order chi connectivity index (χ1) is 12.8. The zero-order valence-corrected chi connectivity index (χ0v) is 15.0. The minimum absolute atomic E-state index is 0.910. The van der Waals surface area contributed by atoms with Gasteiger partial charge in [-0.15, -0.1) is 0 Å². The van der Waals surface area contributed by atoms with Crippen LogP contribution in [0.2, 0.25) is 0 Å². The molecule has 0 atom stereocenters. The molecule has 0 aliphatic carbocycles. The molecule has 1 aliphatic rings. The number of hydrogen-bond donors (Lipinski definition) is 0.